The number of rotatable bonds is 5. The molecule has 0 amide bonds. The molecule has 2 fully saturated rings. The summed E-state index contributed by atoms with van der Waals surface area (Å²) in [6.45, 7) is 6.12. The minimum Gasteiger partial charge on any atom is -0.426 e. The van der Waals surface area contributed by atoms with E-state index in [2.05, 4.69) is 29.7 Å². The van der Waals surface area contributed by atoms with Crippen LogP contribution in [0.1, 0.15) is 48.8 Å². The zero-order chi connectivity index (χ0) is 20.6. The van der Waals surface area contributed by atoms with Crippen LogP contribution in [0.5, 0.6) is 5.75 Å². The zero-order valence-corrected chi connectivity index (χ0v) is 17.7. The third-order valence-corrected chi connectivity index (χ3v) is 7.71. The van der Waals surface area contributed by atoms with Gasteiger partial charge in [-0.2, -0.15) is 0 Å². The lowest BCUT2D eigenvalue weighted by molar-refractivity contribution is -0.133. The molecule has 2 bridgehead atoms. The van der Waals surface area contributed by atoms with Gasteiger partial charge in [0.25, 0.3) is 0 Å². The fraction of sp³-hybridized carbons (Fsp3) is 0.444. The number of ether oxygens (including phenoxy) is 1. The maximum absolute atomic E-state index is 12.5. The molecule has 1 heterocycles. The topological polar surface area (TPSA) is 29.5 Å². The Kier molecular flexibility index (Phi) is 5.24. The van der Waals surface area contributed by atoms with Crippen LogP contribution in [-0.4, -0.2) is 30.0 Å². The van der Waals surface area contributed by atoms with Crippen LogP contribution in [0.3, 0.4) is 0 Å². The van der Waals surface area contributed by atoms with Crippen LogP contribution in [0, 0.1) is 5.92 Å². The number of carbonyl (C=O) groups excluding carboxylic acids is 1. The largest absolute Gasteiger partial charge is 0.426 e. The highest BCUT2D eigenvalue weighted by Crippen LogP contribution is 2.56. The summed E-state index contributed by atoms with van der Waals surface area (Å²) in [5.74, 6) is 1.23. The number of hydrogen-bond acceptors (Lipinski definition) is 3. The molecule has 0 spiro atoms. The summed E-state index contributed by atoms with van der Waals surface area (Å²) in [6.07, 6.45) is 9.91. The van der Waals surface area contributed by atoms with Crippen molar-refractivity contribution in [2.24, 2.45) is 5.92 Å². The Morgan fingerprint density at radius 1 is 1.17 bits per heavy atom. The van der Waals surface area contributed by atoms with Crippen molar-refractivity contribution in [3.8, 4) is 5.75 Å². The number of piperidine rings is 1. The molecule has 5 rings (SSSR count). The highest BCUT2D eigenvalue weighted by molar-refractivity contribution is 5.75. The first kappa shape index (κ1) is 19.6. The molecule has 1 aliphatic heterocycles. The van der Waals surface area contributed by atoms with E-state index >= 15 is 0 Å². The van der Waals surface area contributed by atoms with E-state index in [-0.39, 0.29) is 11.4 Å². The molecule has 2 aliphatic carbocycles. The highest BCUT2D eigenvalue weighted by Gasteiger charge is 2.53. The van der Waals surface area contributed by atoms with Gasteiger partial charge in [-0.15, -0.1) is 6.58 Å². The van der Waals surface area contributed by atoms with Gasteiger partial charge < -0.3 is 4.74 Å². The molecule has 3 heteroatoms. The number of esters is 1. The minimum atomic E-state index is -0.187. The summed E-state index contributed by atoms with van der Waals surface area (Å²) in [7, 11) is 0. The van der Waals surface area contributed by atoms with Crippen LogP contribution in [0.25, 0.3) is 0 Å². The molecule has 0 radical (unpaired) electrons. The third-order valence-electron chi connectivity index (χ3n) is 7.71. The van der Waals surface area contributed by atoms with Crippen LogP contribution in [0.4, 0.5) is 0 Å². The van der Waals surface area contributed by atoms with E-state index in [4.69, 9.17) is 4.74 Å². The first-order valence-corrected chi connectivity index (χ1v) is 11.4. The van der Waals surface area contributed by atoms with Crippen molar-refractivity contribution >= 4 is 5.97 Å². The Labute approximate surface area is 179 Å². The maximum Gasteiger partial charge on any atom is 0.315 e. The summed E-state index contributed by atoms with van der Waals surface area (Å²) in [6, 6.07) is 16.9. The zero-order valence-electron chi connectivity index (χ0n) is 17.7. The number of nitrogens with zero attached hydrogens (tertiary/aromatic N) is 1. The summed E-state index contributed by atoms with van der Waals surface area (Å²) >= 11 is 0. The normalized spacial score (nSPS) is 27.6. The van der Waals surface area contributed by atoms with Crippen molar-refractivity contribution in [2.45, 2.75) is 56.4 Å². The van der Waals surface area contributed by atoms with Crippen molar-refractivity contribution in [3.05, 3.63) is 77.9 Å². The van der Waals surface area contributed by atoms with E-state index in [9.17, 15) is 4.79 Å². The second-order valence-electron chi connectivity index (χ2n) is 9.27. The number of benzene rings is 2. The Balaban J connectivity index is 1.42. The van der Waals surface area contributed by atoms with Gasteiger partial charge in [0.05, 0.1) is 6.42 Å². The van der Waals surface area contributed by atoms with Crippen LogP contribution in [-0.2, 0) is 23.1 Å². The van der Waals surface area contributed by atoms with Crippen LogP contribution >= 0.6 is 0 Å². The predicted octanol–water partition coefficient (Wildman–Crippen LogP) is 5.08. The molecule has 3 atom stereocenters. The van der Waals surface area contributed by atoms with Gasteiger partial charge in [0, 0.05) is 18.0 Å². The standard InChI is InChI=1S/C27H31NO2/c1-2-15-28-16-14-27-13-7-6-10-23(27)25(28)18-21-11-12-22(19-24(21)27)30-26(29)17-20-8-4-3-5-9-20/h2-5,8-9,11-12,19,23,25H,1,6-7,10,13-18H2/t23-,25-,27-/m0/s1. The van der Waals surface area contributed by atoms with Crippen molar-refractivity contribution in [1.29, 1.82) is 0 Å². The predicted molar refractivity (Wildman–Crippen MR) is 120 cm³/mol. The van der Waals surface area contributed by atoms with E-state index in [1.165, 1.54) is 43.2 Å². The lowest BCUT2D eigenvalue weighted by Gasteiger charge is -2.59. The molecule has 0 unspecified atom stereocenters. The molecular weight excluding hydrogens is 370 g/mol. The first-order valence-electron chi connectivity index (χ1n) is 11.4. The van der Waals surface area contributed by atoms with Crippen molar-refractivity contribution in [2.75, 3.05) is 13.1 Å². The Bertz CT molecular complexity index is 937. The fourth-order valence-corrected chi connectivity index (χ4v) is 6.45. The molecule has 156 valence electrons. The summed E-state index contributed by atoms with van der Waals surface area (Å²) in [4.78, 5) is 15.2. The Morgan fingerprint density at radius 2 is 2.03 bits per heavy atom. The molecule has 1 saturated heterocycles. The molecule has 3 nitrogen and oxygen atoms in total. The average molecular weight is 402 g/mol. The number of hydrogen-bond donors (Lipinski definition) is 0. The van der Waals surface area contributed by atoms with Crippen LogP contribution < -0.4 is 4.74 Å². The lowest BCUT2D eigenvalue weighted by Crippen LogP contribution is -2.60. The number of likely N-dealkylation sites (tertiary alicyclic amines) is 1. The van der Waals surface area contributed by atoms with E-state index in [0.29, 0.717) is 24.1 Å². The quantitative estimate of drug-likeness (QED) is 0.398. The molecule has 2 aromatic carbocycles. The lowest BCUT2D eigenvalue weighted by atomic mass is 9.52. The second kappa shape index (κ2) is 8.03. The Morgan fingerprint density at radius 3 is 2.87 bits per heavy atom. The summed E-state index contributed by atoms with van der Waals surface area (Å²) in [5, 5.41) is 0. The van der Waals surface area contributed by atoms with Gasteiger partial charge in [0.2, 0.25) is 0 Å². The third kappa shape index (κ3) is 3.39. The second-order valence-corrected chi connectivity index (χ2v) is 9.27. The van der Waals surface area contributed by atoms with Crippen LogP contribution in [0.15, 0.2) is 61.2 Å². The number of fused-ring (bicyclic) bond motifs is 1. The average Bonchev–Trinajstić information content (AvgIpc) is 2.77. The van der Waals surface area contributed by atoms with Gasteiger partial charge in [0.1, 0.15) is 5.75 Å². The molecule has 2 aromatic rings. The van der Waals surface area contributed by atoms with Gasteiger partial charge in [-0.3, -0.25) is 9.69 Å². The number of carbonyl (C=O) groups is 1. The summed E-state index contributed by atoms with van der Waals surface area (Å²) in [5.41, 5.74) is 4.17. The van der Waals surface area contributed by atoms with Crippen molar-refractivity contribution < 1.29 is 9.53 Å². The summed E-state index contributed by atoms with van der Waals surface area (Å²) < 4.78 is 5.80. The van der Waals surface area contributed by atoms with Crippen LogP contribution in [0.2, 0.25) is 0 Å². The highest BCUT2D eigenvalue weighted by atomic mass is 16.5. The van der Waals surface area contributed by atoms with Crippen molar-refractivity contribution in [1.82, 2.24) is 4.90 Å². The smallest absolute Gasteiger partial charge is 0.315 e. The van der Waals surface area contributed by atoms with Gasteiger partial charge in [-0.25, -0.2) is 0 Å². The van der Waals surface area contributed by atoms with E-state index in [1.807, 2.05) is 36.4 Å². The molecule has 0 aromatic heterocycles. The SMILES string of the molecule is C=CCN1CC[C@@]23CCCC[C@H]2[C@@H]1Cc1ccc(OC(=O)Cc2ccccc2)cc13. The van der Waals surface area contributed by atoms with Gasteiger partial charge in [-0.05, 0) is 67.0 Å². The minimum absolute atomic E-state index is 0.187. The molecule has 1 saturated carbocycles. The van der Waals surface area contributed by atoms with Gasteiger partial charge in [0.15, 0.2) is 0 Å². The van der Waals surface area contributed by atoms with Crippen molar-refractivity contribution in [3.63, 3.8) is 0 Å². The maximum atomic E-state index is 12.5. The molecule has 3 aliphatic rings. The first-order chi connectivity index (χ1) is 14.7. The van der Waals surface area contributed by atoms with Gasteiger partial charge >= 0.3 is 5.97 Å². The monoisotopic (exact) mass is 401 g/mol. The molecule has 0 N–H and O–H groups in total. The molecular formula is C27H31NO2. The van der Waals surface area contributed by atoms with E-state index < -0.39 is 0 Å². The van der Waals surface area contributed by atoms with E-state index in [1.54, 1.807) is 0 Å². The van der Waals surface area contributed by atoms with E-state index in [0.717, 1.165) is 25.1 Å². The fourth-order valence-electron chi connectivity index (χ4n) is 6.45. The Hall–Kier alpha value is -2.39. The molecule has 30 heavy (non-hydrogen) atoms. The van der Waals surface area contributed by atoms with Gasteiger partial charge in [-0.1, -0.05) is 55.3 Å².